The first-order valence-electron chi connectivity index (χ1n) is 4.73. The van der Waals surface area contributed by atoms with Crippen molar-refractivity contribution >= 4 is 11.4 Å². The Morgan fingerprint density at radius 2 is 2.21 bits per heavy atom. The smallest absolute Gasteiger partial charge is 0.125 e. The molecule has 0 aliphatic heterocycles. The lowest BCUT2D eigenvalue weighted by Crippen LogP contribution is -2.00. The number of hydrazone groups is 1. The van der Waals surface area contributed by atoms with Gasteiger partial charge in [-0.3, -0.25) is 5.43 Å². The molecule has 76 valence electrons. The summed E-state index contributed by atoms with van der Waals surface area (Å²) in [7, 11) is 0. The summed E-state index contributed by atoms with van der Waals surface area (Å²) in [6.07, 6.45) is 2.70. The van der Waals surface area contributed by atoms with Crippen LogP contribution in [0.5, 0.6) is 0 Å². The lowest BCUT2D eigenvalue weighted by molar-refractivity contribution is 1.01. The maximum atomic E-state index is 4.23. The van der Waals surface area contributed by atoms with Crippen LogP contribution in [-0.2, 0) is 0 Å². The van der Waals surface area contributed by atoms with Crippen molar-refractivity contribution in [2.75, 3.05) is 5.43 Å². The number of anilines is 1. The van der Waals surface area contributed by atoms with E-state index in [2.05, 4.69) is 27.4 Å². The first-order chi connectivity index (χ1) is 6.63. The van der Waals surface area contributed by atoms with Gasteiger partial charge >= 0.3 is 0 Å². The van der Waals surface area contributed by atoms with Gasteiger partial charge in [0.05, 0.1) is 17.6 Å². The standard InChI is InChI=1S/C10H16N4/c1-5-7(2)13-14-10-6-11-9(4)12-8(10)3/h6,14H,5H2,1-4H3. The van der Waals surface area contributed by atoms with Crippen molar-refractivity contribution in [1.29, 1.82) is 0 Å². The van der Waals surface area contributed by atoms with E-state index in [1.165, 1.54) is 0 Å². The molecule has 1 rings (SSSR count). The summed E-state index contributed by atoms with van der Waals surface area (Å²) in [6, 6.07) is 0. The Morgan fingerprint density at radius 1 is 1.50 bits per heavy atom. The highest BCUT2D eigenvalue weighted by Crippen LogP contribution is 2.09. The Balaban J connectivity index is 2.77. The maximum absolute atomic E-state index is 4.23. The second-order valence-corrected chi connectivity index (χ2v) is 3.23. The summed E-state index contributed by atoms with van der Waals surface area (Å²) in [6.45, 7) is 7.86. The van der Waals surface area contributed by atoms with Crippen molar-refractivity contribution in [2.24, 2.45) is 5.10 Å². The van der Waals surface area contributed by atoms with Gasteiger partial charge in [0.1, 0.15) is 5.82 Å². The van der Waals surface area contributed by atoms with Gasteiger partial charge in [-0.2, -0.15) is 5.10 Å². The Kier molecular flexibility index (Phi) is 3.56. The molecule has 0 spiro atoms. The van der Waals surface area contributed by atoms with Crippen molar-refractivity contribution in [1.82, 2.24) is 9.97 Å². The first-order valence-corrected chi connectivity index (χ1v) is 4.73. The number of nitrogens with one attached hydrogen (secondary N) is 1. The summed E-state index contributed by atoms with van der Waals surface area (Å²) in [4.78, 5) is 8.34. The molecular weight excluding hydrogens is 176 g/mol. The van der Waals surface area contributed by atoms with Gasteiger partial charge in [0.15, 0.2) is 0 Å². The summed E-state index contributed by atoms with van der Waals surface area (Å²) in [5.41, 5.74) is 5.80. The monoisotopic (exact) mass is 192 g/mol. The van der Waals surface area contributed by atoms with E-state index in [9.17, 15) is 0 Å². The van der Waals surface area contributed by atoms with Crippen LogP contribution < -0.4 is 5.43 Å². The molecule has 0 fully saturated rings. The molecule has 1 heterocycles. The molecule has 4 heteroatoms. The molecule has 14 heavy (non-hydrogen) atoms. The van der Waals surface area contributed by atoms with Crippen LogP contribution in [-0.4, -0.2) is 15.7 Å². The molecule has 0 aromatic carbocycles. The Hall–Kier alpha value is -1.45. The van der Waals surface area contributed by atoms with E-state index in [0.717, 1.165) is 29.3 Å². The lowest BCUT2D eigenvalue weighted by Gasteiger charge is -2.04. The van der Waals surface area contributed by atoms with Gasteiger partial charge in [-0.05, 0) is 27.2 Å². The first kappa shape index (κ1) is 10.6. The van der Waals surface area contributed by atoms with Gasteiger partial charge in [-0.25, -0.2) is 9.97 Å². The van der Waals surface area contributed by atoms with E-state index >= 15 is 0 Å². The average molecular weight is 192 g/mol. The summed E-state index contributed by atoms with van der Waals surface area (Å²) >= 11 is 0. The van der Waals surface area contributed by atoms with E-state index in [-0.39, 0.29) is 0 Å². The van der Waals surface area contributed by atoms with Gasteiger partial charge in [0, 0.05) is 5.71 Å². The van der Waals surface area contributed by atoms with Crippen LogP contribution in [0.15, 0.2) is 11.3 Å². The molecule has 0 radical (unpaired) electrons. The molecule has 1 aromatic heterocycles. The number of rotatable bonds is 3. The predicted molar refractivity (Wildman–Crippen MR) is 58.5 cm³/mol. The molecule has 0 aliphatic carbocycles. The van der Waals surface area contributed by atoms with E-state index < -0.39 is 0 Å². The Labute approximate surface area is 84.5 Å². The number of nitrogens with zero attached hydrogens (tertiary/aromatic N) is 3. The van der Waals surface area contributed by atoms with Crippen LogP contribution in [0.2, 0.25) is 0 Å². The van der Waals surface area contributed by atoms with Gasteiger partial charge in [-0.1, -0.05) is 6.92 Å². The van der Waals surface area contributed by atoms with Crippen LogP contribution >= 0.6 is 0 Å². The second-order valence-electron chi connectivity index (χ2n) is 3.23. The van der Waals surface area contributed by atoms with Crippen molar-refractivity contribution in [3.63, 3.8) is 0 Å². The van der Waals surface area contributed by atoms with Gasteiger partial charge < -0.3 is 0 Å². The van der Waals surface area contributed by atoms with Crippen molar-refractivity contribution in [3.8, 4) is 0 Å². The van der Waals surface area contributed by atoms with Crippen LogP contribution in [0, 0.1) is 13.8 Å². The highest BCUT2D eigenvalue weighted by molar-refractivity contribution is 5.82. The zero-order chi connectivity index (χ0) is 10.6. The summed E-state index contributed by atoms with van der Waals surface area (Å²) < 4.78 is 0. The zero-order valence-electron chi connectivity index (χ0n) is 9.13. The van der Waals surface area contributed by atoms with E-state index in [1.807, 2.05) is 20.8 Å². The fourth-order valence-electron chi connectivity index (χ4n) is 0.928. The molecule has 4 nitrogen and oxygen atoms in total. The zero-order valence-corrected chi connectivity index (χ0v) is 9.13. The largest absolute Gasteiger partial charge is 0.275 e. The number of hydrogen-bond acceptors (Lipinski definition) is 4. The van der Waals surface area contributed by atoms with Crippen LogP contribution in [0.25, 0.3) is 0 Å². The fraction of sp³-hybridized carbons (Fsp3) is 0.500. The molecule has 0 saturated carbocycles. The van der Waals surface area contributed by atoms with Crippen LogP contribution in [0.3, 0.4) is 0 Å². The number of hydrogen-bond donors (Lipinski definition) is 1. The quantitative estimate of drug-likeness (QED) is 0.590. The Bertz CT molecular complexity index is 344. The molecule has 0 unspecified atom stereocenters. The van der Waals surface area contributed by atoms with Crippen molar-refractivity contribution < 1.29 is 0 Å². The normalized spacial score (nSPS) is 11.6. The van der Waals surface area contributed by atoms with Gasteiger partial charge in [0.25, 0.3) is 0 Å². The molecule has 0 aliphatic rings. The second kappa shape index (κ2) is 4.69. The molecule has 0 bridgehead atoms. The maximum Gasteiger partial charge on any atom is 0.125 e. The third-order valence-corrected chi connectivity index (χ3v) is 1.98. The number of aryl methyl sites for hydroxylation is 2. The van der Waals surface area contributed by atoms with Gasteiger partial charge in [0.2, 0.25) is 0 Å². The fourth-order valence-corrected chi connectivity index (χ4v) is 0.928. The molecule has 1 aromatic rings. The van der Waals surface area contributed by atoms with Crippen LogP contribution in [0.1, 0.15) is 31.8 Å². The Morgan fingerprint density at radius 3 is 2.79 bits per heavy atom. The molecule has 0 atom stereocenters. The molecule has 0 saturated heterocycles. The third kappa shape index (κ3) is 2.80. The molecule has 0 amide bonds. The predicted octanol–water partition coefficient (Wildman–Crippen LogP) is 2.29. The summed E-state index contributed by atoms with van der Waals surface area (Å²) in [5, 5.41) is 4.19. The third-order valence-electron chi connectivity index (χ3n) is 1.98. The minimum Gasteiger partial charge on any atom is -0.275 e. The van der Waals surface area contributed by atoms with Crippen molar-refractivity contribution in [2.45, 2.75) is 34.1 Å². The summed E-state index contributed by atoms with van der Waals surface area (Å²) in [5.74, 6) is 0.782. The van der Waals surface area contributed by atoms with Gasteiger partial charge in [-0.15, -0.1) is 0 Å². The highest BCUT2D eigenvalue weighted by atomic mass is 15.3. The minimum atomic E-state index is 0.782. The lowest BCUT2D eigenvalue weighted by atomic mass is 10.3. The molecule has 1 N–H and O–H groups in total. The minimum absolute atomic E-state index is 0.782. The highest BCUT2D eigenvalue weighted by Gasteiger charge is 1.98. The SMILES string of the molecule is CCC(C)=NNc1cnc(C)nc1C. The van der Waals surface area contributed by atoms with Crippen LogP contribution in [0.4, 0.5) is 5.69 Å². The van der Waals surface area contributed by atoms with E-state index in [0.29, 0.717) is 0 Å². The average Bonchev–Trinajstić information content (AvgIpc) is 2.16. The molecular formula is C10H16N4. The van der Waals surface area contributed by atoms with E-state index in [4.69, 9.17) is 0 Å². The van der Waals surface area contributed by atoms with Crippen molar-refractivity contribution in [3.05, 3.63) is 17.7 Å². The van der Waals surface area contributed by atoms with E-state index in [1.54, 1.807) is 6.20 Å². The number of aromatic nitrogens is 2. The topological polar surface area (TPSA) is 50.2 Å².